The summed E-state index contributed by atoms with van der Waals surface area (Å²) in [5.74, 6) is -0.305. The van der Waals surface area contributed by atoms with Gasteiger partial charge in [-0.15, -0.1) is 0 Å². The summed E-state index contributed by atoms with van der Waals surface area (Å²) in [4.78, 5) is 13.4. The van der Waals surface area contributed by atoms with Crippen LogP contribution in [0.4, 0.5) is 0 Å². The second-order valence-corrected chi connectivity index (χ2v) is 9.50. The van der Waals surface area contributed by atoms with Crippen LogP contribution in [0.2, 0.25) is 0 Å². The molecule has 4 aliphatic rings. The summed E-state index contributed by atoms with van der Waals surface area (Å²) in [6, 6.07) is 0. The highest BCUT2D eigenvalue weighted by atomic mass is 16.5. The van der Waals surface area contributed by atoms with Crippen molar-refractivity contribution in [3.05, 3.63) is 11.1 Å². The van der Waals surface area contributed by atoms with E-state index in [0.717, 1.165) is 5.57 Å². The molecular weight excluding hydrogens is 320 g/mol. The van der Waals surface area contributed by atoms with E-state index in [2.05, 4.69) is 0 Å². The third kappa shape index (κ3) is 2.01. The van der Waals surface area contributed by atoms with Crippen LogP contribution in [0.1, 0.15) is 53.4 Å². The number of hydrogen-bond donors (Lipinski definition) is 3. The average molecular weight is 350 g/mol. The number of aliphatic hydroxyl groups is 3. The van der Waals surface area contributed by atoms with E-state index in [1.165, 1.54) is 0 Å². The highest BCUT2D eigenvalue weighted by Crippen LogP contribution is 2.60. The van der Waals surface area contributed by atoms with Crippen LogP contribution in [-0.2, 0) is 9.53 Å². The molecule has 0 radical (unpaired) electrons. The Bertz CT molecular complexity index is 652. The standard InChI is InChI=1S/C20H30O5/c1-10-5-6-20(24)8-12-11-9-25-13(11)7-14(21)19(12,4)17(23)16(22)15(10)18(20,2)3/h11-14,16,21-22,24H,5-9H2,1-4H3/t11?,12?,13?,14?,16-,19+,20?/m1/s1. The molecule has 3 N–H and O–H groups in total. The third-order valence-electron chi connectivity index (χ3n) is 8.24. The monoisotopic (exact) mass is 350 g/mol. The first-order chi connectivity index (χ1) is 11.5. The number of rotatable bonds is 0. The van der Waals surface area contributed by atoms with Crippen molar-refractivity contribution in [2.24, 2.45) is 22.7 Å². The third-order valence-corrected chi connectivity index (χ3v) is 8.24. The smallest absolute Gasteiger partial charge is 0.174 e. The number of Topliss-reactive ketones (excluding diaryl/α,β-unsaturated/α-hetero) is 1. The van der Waals surface area contributed by atoms with Crippen molar-refractivity contribution >= 4 is 5.78 Å². The first-order valence-corrected chi connectivity index (χ1v) is 9.48. The fraction of sp³-hybridized carbons (Fsp3) is 0.850. The molecule has 0 aromatic carbocycles. The molecule has 3 aliphatic carbocycles. The summed E-state index contributed by atoms with van der Waals surface area (Å²) in [7, 11) is 0. The molecule has 0 aromatic heterocycles. The lowest BCUT2D eigenvalue weighted by atomic mass is 9.47. The number of aliphatic hydroxyl groups excluding tert-OH is 2. The van der Waals surface area contributed by atoms with Crippen molar-refractivity contribution in [1.29, 1.82) is 0 Å². The topological polar surface area (TPSA) is 87.0 Å². The van der Waals surface area contributed by atoms with E-state index in [9.17, 15) is 20.1 Å². The van der Waals surface area contributed by atoms with Gasteiger partial charge >= 0.3 is 0 Å². The molecule has 7 atom stereocenters. The van der Waals surface area contributed by atoms with Crippen molar-refractivity contribution in [1.82, 2.24) is 0 Å². The van der Waals surface area contributed by atoms with E-state index >= 15 is 0 Å². The number of ether oxygens (including phenoxy) is 1. The normalized spacial score (nSPS) is 51.8. The SMILES string of the molecule is CC1=C2[C@@H](O)C(=O)[C@]3(C)C(O)CC4OCC4C3CC(O)(CC1)C2(C)C. The molecule has 3 fully saturated rings. The largest absolute Gasteiger partial charge is 0.392 e. The van der Waals surface area contributed by atoms with Crippen molar-refractivity contribution < 1.29 is 24.9 Å². The average Bonchev–Trinajstić information content (AvgIpc) is 2.51. The summed E-state index contributed by atoms with van der Waals surface area (Å²) in [5.41, 5.74) is -1.06. The molecule has 140 valence electrons. The molecule has 4 rings (SSSR count). The Morgan fingerprint density at radius 1 is 1.20 bits per heavy atom. The van der Waals surface area contributed by atoms with E-state index in [-0.39, 0.29) is 23.7 Å². The quantitative estimate of drug-likeness (QED) is 0.578. The number of fused-ring (bicyclic) bond motifs is 5. The minimum Gasteiger partial charge on any atom is -0.392 e. The molecule has 0 spiro atoms. The van der Waals surface area contributed by atoms with Gasteiger partial charge in [0.05, 0.1) is 29.8 Å². The van der Waals surface area contributed by atoms with Gasteiger partial charge in [0.15, 0.2) is 5.78 Å². The van der Waals surface area contributed by atoms with E-state index < -0.39 is 28.6 Å². The van der Waals surface area contributed by atoms with E-state index in [0.29, 0.717) is 37.9 Å². The molecule has 0 amide bonds. The molecule has 25 heavy (non-hydrogen) atoms. The summed E-state index contributed by atoms with van der Waals surface area (Å²) in [6.07, 6.45) is 0.0513. The summed E-state index contributed by atoms with van der Waals surface area (Å²) in [5, 5.41) is 33.5. The maximum Gasteiger partial charge on any atom is 0.174 e. The van der Waals surface area contributed by atoms with Gasteiger partial charge in [-0.2, -0.15) is 0 Å². The lowest BCUT2D eigenvalue weighted by Crippen LogP contribution is -2.68. The van der Waals surface area contributed by atoms with Crippen LogP contribution >= 0.6 is 0 Å². The van der Waals surface area contributed by atoms with Gasteiger partial charge in [-0.25, -0.2) is 0 Å². The van der Waals surface area contributed by atoms with E-state index in [1.807, 2.05) is 20.8 Å². The molecular formula is C20H30O5. The van der Waals surface area contributed by atoms with Gasteiger partial charge in [0.2, 0.25) is 0 Å². The fourth-order valence-corrected chi connectivity index (χ4v) is 6.18. The van der Waals surface area contributed by atoms with Crippen molar-refractivity contribution in [3.8, 4) is 0 Å². The highest BCUT2D eigenvalue weighted by molar-refractivity contribution is 5.92. The molecule has 1 aliphatic heterocycles. The highest BCUT2D eigenvalue weighted by Gasteiger charge is 2.65. The molecule has 5 heteroatoms. The van der Waals surface area contributed by atoms with Gasteiger partial charge in [-0.3, -0.25) is 4.79 Å². The van der Waals surface area contributed by atoms with Crippen molar-refractivity contribution in [3.63, 3.8) is 0 Å². The van der Waals surface area contributed by atoms with Gasteiger partial charge < -0.3 is 20.1 Å². The lowest BCUT2D eigenvalue weighted by Gasteiger charge is -2.61. The molecule has 5 unspecified atom stereocenters. The maximum absolute atomic E-state index is 13.4. The van der Waals surface area contributed by atoms with Crippen LogP contribution in [0.15, 0.2) is 11.1 Å². The minimum absolute atomic E-state index is 0.0375. The van der Waals surface area contributed by atoms with Gasteiger partial charge in [-0.1, -0.05) is 19.4 Å². The lowest BCUT2D eigenvalue weighted by molar-refractivity contribution is -0.241. The van der Waals surface area contributed by atoms with Gasteiger partial charge in [0.1, 0.15) is 6.10 Å². The summed E-state index contributed by atoms with van der Waals surface area (Å²) >= 11 is 0. The number of carbonyl (C=O) groups is 1. The molecule has 5 nitrogen and oxygen atoms in total. The van der Waals surface area contributed by atoms with Crippen LogP contribution in [0.25, 0.3) is 0 Å². The number of carbonyl (C=O) groups excluding carboxylic acids is 1. The second kappa shape index (κ2) is 5.16. The number of allylic oxidation sites excluding steroid dienone is 1. The zero-order valence-corrected chi connectivity index (χ0v) is 15.6. The minimum atomic E-state index is -1.26. The molecule has 2 bridgehead atoms. The fourth-order valence-electron chi connectivity index (χ4n) is 6.18. The van der Waals surface area contributed by atoms with E-state index in [1.54, 1.807) is 6.92 Å². The van der Waals surface area contributed by atoms with Gasteiger partial charge in [0, 0.05) is 17.8 Å². The predicted octanol–water partition coefficient (Wildman–Crippen LogP) is 1.59. The molecule has 0 aromatic rings. The van der Waals surface area contributed by atoms with Crippen LogP contribution < -0.4 is 0 Å². The molecule has 1 heterocycles. The number of hydrogen-bond acceptors (Lipinski definition) is 5. The summed E-state index contributed by atoms with van der Waals surface area (Å²) < 4.78 is 5.61. The Morgan fingerprint density at radius 3 is 2.48 bits per heavy atom. The Morgan fingerprint density at radius 2 is 1.88 bits per heavy atom. The van der Waals surface area contributed by atoms with Gasteiger partial charge in [0.25, 0.3) is 0 Å². The predicted molar refractivity (Wildman–Crippen MR) is 91.7 cm³/mol. The number of ketones is 1. The van der Waals surface area contributed by atoms with Crippen LogP contribution in [0.5, 0.6) is 0 Å². The maximum atomic E-state index is 13.4. The summed E-state index contributed by atoms with van der Waals surface area (Å²) in [6.45, 7) is 8.19. The second-order valence-electron chi connectivity index (χ2n) is 9.50. The van der Waals surface area contributed by atoms with Gasteiger partial charge in [-0.05, 0) is 44.6 Å². The Kier molecular flexibility index (Phi) is 3.64. The zero-order valence-electron chi connectivity index (χ0n) is 15.6. The van der Waals surface area contributed by atoms with Crippen molar-refractivity contribution in [2.75, 3.05) is 6.61 Å². The van der Waals surface area contributed by atoms with Crippen LogP contribution in [0.3, 0.4) is 0 Å². The molecule has 2 saturated carbocycles. The first-order valence-electron chi connectivity index (χ1n) is 9.48. The Hall–Kier alpha value is -0.750. The van der Waals surface area contributed by atoms with E-state index in [4.69, 9.17) is 4.74 Å². The Balaban J connectivity index is 1.90. The van der Waals surface area contributed by atoms with Crippen molar-refractivity contribution in [2.45, 2.75) is 77.3 Å². The Labute approximate surface area is 149 Å². The first kappa shape index (κ1) is 17.7. The van der Waals surface area contributed by atoms with Crippen LogP contribution in [-0.4, -0.2) is 51.6 Å². The molecule has 1 saturated heterocycles. The van der Waals surface area contributed by atoms with Crippen LogP contribution in [0, 0.1) is 22.7 Å². The zero-order chi connectivity index (χ0) is 18.4.